The number of aromatic nitrogens is 3. The van der Waals surface area contributed by atoms with Gasteiger partial charge in [-0.1, -0.05) is 23.2 Å². The molecule has 2 aromatic rings. The van der Waals surface area contributed by atoms with Gasteiger partial charge in [0.25, 0.3) is 0 Å². The summed E-state index contributed by atoms with van der Waals surface area (Å²) in [6.45, 7) is 0. The van der Waals surface area contributed by atoms with Crippen LogP contribution in [0.5, 0.6) is 0 Å². The molecular weight excluding hydrogens is 297 g/mol. The second-order valence-corrected chi connectivity index (χ2v) is 4.50. The topological polar surface area (TPSA) is 62.7 Å². The summed E-state index contributed by atoms with van der Waals surface area (Å²) in [5, 5.41) is 6.84. The third-order valence-corrected chi connectivity index (χ3v) is 2.56. The normalized spacial score (nSPS) is 10.2. The van der Waals surface area contributed by atoms with Gasteiger partial charge in [0.1, 0.15) is 0 Å². The molecule has 0 saturated heterocycles. The van der Waals surface area contributed by atoms with Crippen molar-refractivity contribution in [2.24, 2.45) is 0 Å². The van der Waals surface area contributed by atoms with E-state index in [-0.39, 0.29) is 5.28 Å². The molecule has 2 N–H and O–H groups in total. The van der Waals surface area contributed by atoms with Gasteiger partial charge in [0, 0.05) is 22.8 Å². The first-order chi connectivity index (χ1) is 8.56. The second-order valence-electron chi connectivity index (χ2n) is 3.28. The Balaban J connectivity index is 2.30. The van der Waals surface area contributed by atoms with Crippen LogP contribution in [0.3, 0.4) is 0 Å². The summed E-state index contributed by atoms with van der Waals surface area (Å²) in [4.78, 5) is 11.9. The molecule has 0 fully saturated rings. The molecule has 1 aromatic carbocycles. The molecule has 0 aliphatic heterocycles. The van der Waals surface area contributed by atoms with E-state index >= 15 is 0 Å². The second kappa shape index (κ2) is 5.56. The smallest absolute Gasteiger partial charge is 0.233 e. The fraction of sp³-hybridized carbons (Fsp3) is 0.100. The van der Waals surface area contributed by atoms with Crippen LogP contribution in [0, 0.1) is 0 Å². The molecule has 0 saturated carbocycles. The fourth-order valence-electron chi connectivity index (χ4n) is 1.27. The van der Waals surface area contributed by atoms with E-state index in [2.05, 4.69) is 25.6 Å². The Labute approximate surface area is 119 Å². The third kappa shape index (κ3) is 3.35. The predicted molar refractivity (Wildman–Crippen MR) is 74.1 cm³/mol. The molecular formula is C10H8Cl3N5. The number of nitrogens with zero attached hydrogens (tertiary/aromatic N) is 3. The van der Waals surface area contributed by atoms with E-state index in [1.807, 2.05) is 0 Å². The Morgan fingerprint density at radius 3 is 2.11 bits per heavy atom. The van der Waals surface area contributed by atoms with Crippen LogP contribution in [0.4, 0.5) is 17.6 Å². The lowest BCUT2D eigenvalue weighted by molar-refractivity contribution is 1.05. The number of hydrogen-bond donors (Lipinski definition) is 2. The van der Waals surface area contributed by atoms with Gasteiger partial charge in [-0.25, -0.2) is 0 Å². The molecule has 18 heavy (non-hydrogen) atoms. The number of anilines is 3. The van der Waals surface area contributed by atoms with E-state index in [1.54, 1.807) is 25.2 Å². The van der Waals surface area contributed by atoms with Crippen LogP contribution in [-0.4, -0.2) is 22.0 Å². The maximum Gasteiger partial charge on any atom is 0.233 e. The van der Waals surface area contributed by atoms with E-state index in [1.165, 1.54) is 0 Å². The molecule has 5 nitrogen and oxygen atoms in total. The maximum atomic E-state index is 5.89. The number of halogens is 3. The van der Waals surface area contributed by atoms with Gasteiger partial charge in [0.2, 0.25) is 17.2 Å². The van der Waals surface area contributed by atoms with Crippen molar-refractivity contribution < 1.29 is 0 Å². The predicted octanol–water partition coefficient (Wildman–Crippen LogP) is 3.62. The summed E-state index contributed by atoms with van der Waals surface area (Å²) in [6.07, 6.45) is 0. The van der Waals surface area contributed by atoms with Crippen molar-refractivity contribution in [1.82, 2.24) is 15.0 Å². The highest BCUT2D eigenvalue weighted by molar-refractivity contribution is 6.35. The molecule has 0 unspecified atom stereocenters. The zero-order chi connectivity index (χ0) is 13.1. The fourth-order valence-corrected chi connectivity index (χ4v) is 1.96. The Morgan fingerprint density at radius 2 is 1.50 bits per heavy atom. The third-order valence-electron chi connectivity index (χ3n) is 1.95. The minimum Gasteiger partial charge on any atom is -0.357 e. The molecule has 0 bridgehead atoms. The van der Waals surface area contributed by atoms with Gasteiger partial charge in [-0.2, -0.15) is 15.0 Å². The van der Waals surface area contributed by atoms with Gasteiger partial charge in [-0.3, -0.25) is 0 Å². The minimum atomic E-state index is 0.0879. The molecule has 2 rings (SSSR count). The van der Waals surface area contributed by atoms with Crippen LogP contribution in [0.2, 0.25) is 15.3 Å². The van der Waals surface area contributed by atoms with Gasteiger partial charge in [0.15, 0.2) is 0 Å². The highest BCUT2D eigenvalue weighted by Gasteiger charge is 2.05. The molecule has 0 atom stereocenters. The minimum absolute atomic E-state index is 0.0879. The monoisotopic (exact) mass is 303 g/mol. The van der Waals surface area contributed by atoms with Crippen molar-refractivity contribution in [3.8, 4) is 0 Å². The van der Waals surface area contributed by atoms with Crippen LogP contribution >= 0.6 is 34.8 Å². The Kier molecular flexibility index (Phi) is 4.06. The number of benzene rings is 1. The highest BCUT2D eigenvalue weighted by Crippen LogP contribution is 2.24. The first-order valence-corrected chi connectivity index (χ1v) is 6.02. The first-order valence-electron chi connectivity index (χ1n) is 4.89. The van der Waals surface area contributed by atoms with Gasteiger partial charge in [-0.15, -0.1) is 0 Å². The summed E-state index contributed by atoms with van der Waals surface area (Å²) >= 11 is 17.5. The SMILES string of the molecule is CNc1nc(Cl)nc(Nc2cc(Cl)cc(Cl)c2)n1. The molecule has 0 aliphatic rings. The molecule has 1 heterocycles. The van der Waals surface area contributed by atoms with Crippen molar-refractivity contribution in [2.75, 3.05) is 17.7 Å². The molecule has 1 aromatic heterocycles. The van der Waals surface area contributed by atoms with Gasteiger partial charge in [0.05, 0.1) is 0 Å². The van der Waals surface area contributed by atoms with Crippen molar-refractivity contribution in [2.45, 2.75) is 0 Å². The van der Waals surface area contributed by atoms with Crippen LogP contribution < -0.4 is 10.6 Å². The average Bonchev–Trinajstić information content (AvgIpc) is 2.26. The van der Waals surface area contributed by atoms with Crippen molar-refractivity contribution in [1.29, 1.82) is 0 Å². The molecule has 0 spiro atoms. The summed E-state index contributed by atoms with van der Waals surface area (Å²) < 4.78 is 0. The molecule has 0 aliphatic carbocycles. The average molecular weight is 305 g/mol. The van der Waals surface area contributed by atoms with E-state index in [0.717, 1.165) is 0 Å². The number of rotatable bonds is 3. The van der Waals surface area contributed by atoms with Crippen LogP contribution in [-0.2, 0) is 0 Å². The van der Waals surface area contributed by atoms with Crippen molar-refractivity contribution in [3.63, 3.8) is 0 Å². The largest absolute Gasteiger partial charge is 0.357 e. The van der Waals surface area contributed by atoms with Crippen LogP contribution in [0.15, 0.2) is 18.2 Å². The Bertz CT molecular complexity index is 555. The summed E-state index contributed by atoms with van der Waals surface area (Å²) in [6, 6.07) is 5.03. The molecule has 0 radical (unpaired) electrons. The summed E-state index contributed by atoms with van der Waals surface area (Å²) in [7, 11) is 1.69. The zero-order valence-electron chi connectivity index (χ0n) is 9.21. The van der Waals surface area contributed by atoms with Crippen molar-refractivity contribution >= 4 is 52.4 Å². The van der Waals surface area contributed by atoms with E-state index in [4.69, 9.17) is 34.8 Å². The van der Waals surface area contributed by atoms with Gasteiger partial charge in [-0.05, 0) is 29.8 Å². The quantitative estimate of drug-likeness (QED) is 0.907. The number of hydrogen-bond acceptors (Lipinski definition) is 5. The van der Waals surface area contributed by atoms with E-state index in [9.17, 15) is 0 Å². The van der Waals surface area contributed by atoms with Crippen LogP contribution in [0.1, 0.15) is 0 Å². The molecule has 94 valence electrons. The lowest BCUT2D eigenvalue weighted by Gasteiger charge is -2.07. The lowest BCUT2D eigenvalue weighted by Crippen LogP contribution is -2.03. The Hall–Kier alpha value is -1.30. The molecule has 0 amide bonds. The summed E-state index contributed by atoms with van der Waals surface area (Å²) in [5.41, 5.74) is 0.664. The standard InChI is InChI=1S/C10H8Cl3N5/c1-14-9-16-8(13)17-10(18-9)15-7-3-5(11)2-6(12)4-7/h2-4H,1H3,(H2,14,15,16,17,18). The van der Waals surface area contributed by atoms with Gasteiger partial charge >= 0.3 is 0 Å². The maximum absolute atomic E-state index is 5.89. The van der Waals surface area contributed by atoms with Crippen molar-refractivity contribution in [3.05, 3.63) is 33.5 Å². The first kappa shape index (κ1) is 13.1. The molecule has 8 heteroatoms. The van der Waals surface area contributed by atoms with Crippen LogP contribution in [0.25, 0.3) is 0 Å². The highest BCUT2D eigenvalue weighted by atomic mass is 35.5. The summed E-state index contributed by atoms with van der Waals surface area (Å²) in [5.74, 6) is 0.670. The zero-order valence-corrected chi connectivity index (χ0v) is 11.5. The Morgan fingerprint density at radius 1 is 0.889 bits per heavy atom. The number of nitrogens with one attached hydrogen (secondary N) is 2. The van der Waals surface area contributed by atoms with Gasteiger partial charge < -0.3 is 10.6 Å². The lowest BCUT2D eigenvalue weighted by atomic mass is 10.3. The van der Waals surface area contributed by atoms with E-state index < -0.39 is 0 Å². The van der Waals surface area contributed by atoms with E-state index in [0.29, 0.717) is 27.6 Å².